The molecule has 0 bridgehead atoms. The number of ether oxygens (including phenoxy) is 1. The topological polar surface area (TPSA) is 50.4 Å². The molecule has 4 heteroatoms. The van der Waals surface area contributed by atoms with Crippen molar-refractivity contribution in [3.63, 3.8) is 0 Å². The van der Waals surface area contributed by atoms with Crippen LogP contribution in [0.4, 0.5) is 0 Å². The fourth-order valence-corrected chi connectivity index (χ4v) is 1.72. The number of likely N-dealkylation sites (N-methyl/N-ethyl adjacent to an activating group) is 1. The Labute approximate surface area is 91.8 Å². The highest BCUT2D eigenvalue weighted by Crippen LogP contribution is 2.18. The van der Waals surface area contributed by atoms with E-state index in [4.69, 9.17) is 4.74 Å². The Hall–Kier alpha value is -0.610. The van der Waals surface area contributed by atoms with E-state index in [-0.39, 0.29) is 11.4 Å². The third-order valence-electron chi connectivity index (χ3n) is 2.82. The first kappa shape index (κ1) is 12.5. The molecule has 2 N–H and O–H groups in total. The number of carbonyl (C=O) groups is 1. The Bertz CT molecular complexity index is 233. The molecule has 1 aliphatic heterocycles. The smallest absolute Gasteiger partial charge is 0.240 e. The molecule has 0 radical (unpaired) electrons. The second-order valence-corrected chi connectivity index (χ2v) is 4.97. The number of rotatable bonds is 4. The lowest BCUT2D eigenvalue weighted by Crippen LogP contribution is -2.58. The van der Waals surface area contributed by atoms with Crippen LogP contribution in [0.1, 0.15) is 34.1 Å². The average molecular weight is 214 g/mol. The second kappa shape index (κ2) is 4.49. The number of amides is 1. The predicted octanol–water partition coefficient (Wildman–Crippen LogP) is 0.670. The van der Waals surface area contributed by atoms with Gasteiger partial charge in [0.1, 0.15) is 0 Å². The number of carbonyl (C=O) groups excluding carboxylic acids is 1. The molecule has 1 heterocycles. The summed E-state index contributed by atoms with van der Waals surface area (Å²) in [5.74, 6) is 0.0392. The van der Waals surface area contributed by atoms with Gasteiger partial charge in [-0.3, -0.25) is 4.79 Å². The molecule has 1 saturated heterocycles. The zero-order valence-electron chi connectivity index (χ0n) is 10.1. The number of nitrogens with one attached hydrogen (secondary N) is 2. The lowest BCUT2D eigenvalue weighted by molar-refractivity contribution is -0.128. The van der Waals surface area contributed by atoms with Crippen LogP contribution < -0.4 is 10.6 Å². The minimum atomic E-state index is -0.514. The molecule has 1 atom stereocenters. The van der Waals surface area contributed by atoms with E-state index >= 15 is 0 Å². The van der Waals surface area contributed by atoms with E-state index < -0.39 is 5.54 Å². The Morgan fingerprint density at radius 2 is 2.20 bits per heavy atom. The van der Waals surface area contributed by atoms with Gasteiger partial charge in [0.25, 0.3) is 0 Å². The van der Waals surface area contributed by atoms with Gasteiger partial charge in [0.05, 0.1) is 17.7 Å². The molecule has 0 aliphatic carbocycles. The van der Waals surface area contributed by atoms with Gasteiger partial charge in [-0.05, 0) is 33.7 Å². The molecule has 1 rings (SSSR count). The van der Waals surface area contributed by atoms with Crippen molar-refractivity contribution < 1.29 is 9.53 Å². The zero-order chi connectivity index (χ0) is 11.5. The fourth-order valence-electron chi connectivity index (χ4n) is 1.72. The summed E-state index contributed by atoms with van der Waals surface area (Å²) >= 11 is 0. The van der Waals surface area contributed by atoms with Gasteiger partial charge in [-0.2, -0.15) is 0 Å². The van der Waals surface area contributed by atoms with Crippen molar-refractivity contribution in [3.05, 3.63) is 0 Å². The SMILES string of the molecule is CCNC(C)(C)C(=O)NC1(C)CCOC1. The van der Waals surface area contributed by atoms with Crippen molar-refractivity contribution in [1.29, 1.82) is 0 Å². The van der Waals surface area contributed by atoms with Crippen molar-refractivity contribution >= 4 is 5.91 Å². The summed E-state index contributed by atoms with van der Waals surface area (Å²) in [7, 11) is 0. The molecule has 1 amide bonds. The molecular formula is C11H22N2O2. The van der Waals surface area contributed by atoms with E-state index in [1.807, 2.05) is 27.7 Å². The Balaban J connectivity index is 2.54. The van der Waals surface area contributed by atoms with Gasteiger partial charge in [0.15, 0.2) is 0 Å². The van der Waals surface area contributed by atoms with Crippen molar-refractivity contribution in [3.8, 4) is 0 Å². The van der Waals surface area contributed by atoms with Crippen LogP contribution in [0.25, 0.3) is 0 Å². The second-order valence-electron chi connectivity index (χ2n) is 4.97. The molecule has 1 aliphatic rings. The molecule has 1 fully saturated rings. The molecule has 0 saturated carbocycles. The average Bonchev–Trinajstić information content (AvgIpc) is 2.51. The number of hydrogen-bond acceptors (Lipinski definition) is 3. The normalized spacial score (nSPS) is 26.7. The summed E-state index contributed by atoms with van der Waals surface area (Å²) in [5, 5.41) is 6.21. The third-order valence-corrected chi connectivity index (χ3v) is 2.82. The van der Waals surface area contributed by atoms with Gasteiger partial charge >= 0.3 is 0 Å². The summed E-state index contributed by atoms with van der Waals surface area (Å²) in [4.78, 5) is 12.0. The first-order valence-electron chi connectivity index (χ1n) is 5.55. The highest BCUT2D eigenvalue weighted by atomic mass is 16.5. The van der Waals surface area contributed by atoms with E-state index in [1.165, 1.54) is 0 Å². The fraction of sp³-hybridized carbons (Fsp3) is 0.909. The molecule has 0 aromatic rings. The minimum absolute atomic E-state index is 0.0392. The van der Waals surface area contributed by atoms with E-state index in [1.54, 1.807) is 0 Å². The van der Waals surface area contributed by atoms with E-state index in [0.717, 1.165) is 19.6 Å². The zero-order valence-corrected chi connectivity index (χ0v) is 10.1. The summed E-state index contributed by atoms with van der Waals surface area (Å²) in [6.45, 7) is 9.94. The lowest BCUT2D eigenvalue weighted by Gasteiger charge is -2.31. The standard InChI is InChI=1S/C11H22N2O2/c1-5-12-10(2,3)9(14)13-11(4)6-7-15-8-11/h12H,5-8H2,1-4H3,(H,13,14). The highest BCUT2D eigenvalue weighted by molar-refractivity contribution is 5.86. The van der Waals surface area contributed by atoms with Crippen LogP contribution in [0.15, 0.2) is 0 Å². The Morgan fingerprint density at radius 1 is 1.53 bits per heavy atom. The lowest BCUT2D eigenvalue weighted by atomic mass is 9.97. The molecule has 1 unspecified atom stereocenters. The van der Waals surface area contributed by atoms with Crippen molar-refractivity contribution in [2.45, 2.75) is 45.2 Å². The first-order valence-corrected chi connectivity index (χ1v) is 5.55. The van der Waals surface area contributed by atoms with Crippen LogP contribution in [0.3, 0.4) is 0 Å². The summed E-state index contributed by atoms with van der Waals surface area (Å²) < 4.78 is 5.30. The van der Waals surface area contributed by atoms with E-state index in [2.05, 4.69) is 10.6 Å². The highest BCUT2D eigenvalue weighted by Gasteiger charge is 2.36. The van der Waals surface area contributed by atoms with Crippen LogP contribution in [0, 0.1) is 0 Å². The van der Waals surface area contributed by atoms with Crippen LogP contribution in [0.2, 0.25) is 0 Å². The predicted molar refractivity (Wildman–Crippen MR) is 59.7 cm³/mol. The summed E-state index contributed by atoms with van der Waals surface area (Å²) in [6, 6.07) is 0. The molecule has 0 spiro atoms. The van der Waals surface area contributed by atoms with Crippen molar-refractivity contribution in [2.24, 2.45) is 0 Å². The summed E-state index contributed by atoms with van der Waals surface area (Å²) in [5.41, 5.74) is -0.704. The molecule has 0 aromatic carbocycles. The van der Waals surface area contributed by atoms with E-state index in [0.29, 0.717) is 6.61 Å². The van der Waals surface area contributed by atoms with Gasteiger partial charge in [0, 0.05) is 6.61 Å². The maximum Gasteiger partial charge on any atom is 0.240 e. The monoisotopic (exact) mass is 214 g/mol. The van der Waals surface area contributed by atoms with Crippen LogP contribution >= 0.6 is 0 Å². The van der Waals surface area contributed by atoms with Gasteiger partial charge < -0.3 is 15.4 Å². The maximum absolute atomic E-state index is 12.0. The summed E-state index contributed by atoms with van der Waals surface area (Å²) in [6.07, 6.45) is 0.890. The third kappa shape index (κ3) is 3.18. The van der Waals surface area contributed by atoms with E-state index in [9.17, 15) is 4.79 Å². The first-order chi connectivity index (χ1) is 6.90. The van der Waals surface area contributed by atoms with Gasteiger partial charge in [-0.25, -0.2) is 0 Å². The Morgan fingerprint density at radius 3 is 2.67 bits per heavy atom. The minimum Gasteiger partial charge on any atom is -0.379 e. The van der Waals surface area contributed by atoms with Gasteiger partial charge in [-0.1, -0.05) is 6.92 Å². The molecular weight excluding hydrogens is 192 g/mol. The van der Waals surface area contributed by atoms with Gasteiger partial charge in [0.2, 0.25) is 5.91 Å². The maximum atomic E-state index is 12.0. The molecule has 0 aromatic heterocycles. The quantitative estimate of drug-likeness (QED) is 0.723. The molecule has 15 heavy (non-hydrogen) atoms. The van der Waals surface area contributed by atoms with Crippen molar-refractivity contribution in [1.82, 2.24) is 10.6 Å². The molecule has 4 nitrogen and oxygen atoms in total. The van der Waals surface area contributed by atoms with Crippen LogP contribution in [-0.4, -0.2) is 36.7 Å². The van der Waals surface area contributed by atoms with Gasteiger partial charge in [-0.15, -0.1) is 0 Å². The van der Waals surface area contributed by atoms with Crippen LogP contribution in [0.5, 0.6) is 0 Å². The van der Waals surface area contributed by atoms with Crippen molar-refractivity contribution in [2.75, 3.05) is 19.8 Å². The molecule has 88 valence electrons. The van der Waals surface area contributed by atoms with Crippen LogP contribution in [-0.2, 0) is 9.53 Å². The number of hydrogen-bond donors (Lipinski definition) is 2. The Kier molecular flexibility index (Phi) is 3.73. The largest absolute Gasteiger partial charge is 0.379 e.